The molecular formula is C21H37N. The minimum absolute atomic E-state index is 0.161. The molecule has 0 radical (unpaired) electrons. The van der Waals surface area contributed by atoms with Crippen LogP contribution in [0.3, 0.4) is 0 Å². The van der Waals surface area contributed by atoms with Crippen molar-refractivity contribution in [3.63, 3.8) is 0 Å². The molecule has 126 valence electrons. The zero-order valence-electron chi connectivity index (χ0n) is 16.0. The van der Waals surface area contributed by atoms with Crippen molar-refractivity contribution < 1.29 is 0 Å². The first-order valence-electron chi connectivity index (χ1n) is 8.81. The summed E-state index contributed by atoms with van der Waals surface area (Å²) in [6, 6.07) is 0.452. The van der Waals surface area contributed by atoms with E-state index in [2.05, 4.69) is 78.3 Å². The zero-order valence-corrected chi connectivity index (χ0v) is 16.0. The summed E-state index contributed by atoms with van der Waals surface area (Å²) in [5.74, 6) is 0. The summed E-state index contributed by atoms with van der Waals surface area (Å²) in [5.41, 5.74) is 3.21. The van der Waals surface area contributed by atoms with Gasteiger partial charge in [-0.05, 0) is 65.3 Å². The van der Waals surface area contributed by atoms with Crippen molar-refractivity contribution >= 4 is 0 Å². The van der Waals surface area contributed by atoms with Gasteiger partial charge in [-0.25, -0.2) is 0 Å². The normalized spacial score (nSPS) is 17.5. The van der Waals surface area contributed by atoms with E-state index in [0.29, 0.717) is 6.04 Å². The van der Waals surface area contributed by atoms with Gasteiger partial charge < -0.3 is 0 Å². The Balaban J connectivity index is 2.72. The molecule has 0 saturated heterocycles. The molecule has 1 heteroatoms. The lowest BCUT2D eigenvalue weighted by Gasteiger charge is -2.43. The predicted molar refractivity (Wildman–Crippen MR) is 100 cm³/mol. The fourth-order valence-corrected chi connectivity index (χ4v) is 2.92. The lowest BCUT2D eigenvalue weighted by atomic mass is 9.79. The van der Waals surface area contributed by atoms with E-state index in [9.17, 15) is 0 Å². The number of likely N-dealkylation sites (N-methyl/N-ethyl adjacent to an activating group) is 1. The van der Waals surface area contributed by atoms with Gasteiger partial charge in [0.15, 0.2) is 0 Å². The number of allylic oxidation sites excluding steroid dienone is 4. The van der Waals surface area contributed by atoms with Gasteiger partial charge >= 0.3 is 0 Å². The molecule has 0 aromatic carbocycles. The molecule has 1 atom stereocenters. The Bertz CT molecular complexity index is 426. The monoisotopic (exact) mass is 303 g/mol. The largest absolute Gasteiger partial charge is 0.295 e. The van der Waals surface area contributed by atoms with E-state index in [1.807, 2.05) is 0 Å². The van der Waals surface area contributed by atoms with Gasteiger partial charge in [-0.1, -0.05) is 56.7 Å². The van der Waals surface area contributed by atoms with Gasteiger partial charge in [0.1, 0.15) is 0 Å². The predicted octanol–water partition coefficient (Wildman–Crippen LogP) is 6.13. The van der Waals surface area contributed by atoms with Gasteiger partial charge in [-0.2, -0.15) is 0 Å². The third kappa shape index (κ3) is 5.76. The highest BCUT2D eigenvalue weighted by Gasteiger charge is 2.31. The van der Waals surface area contributed by atoms with E-state index < -0.39 is 0 Å². The molecule has 0 spiro atoms. The van der Waals surface area contributed by atoms with E-state index in [-0.39, 0.29) is 11.0 Å². The van der Waals surface area contributed by atoms with Crippen LogP contribution < -0.4 is 0 Å². The van der Waals surface area contributed by atoms with Crippen LogP contribution >= 0.6 is 0 Å². The fourth-order valence-electron chi connectivity index (χ4n) is 2.92. The molecule has 1 aliphatic rings. The Hall–Kier alpha value is -0.820. The lowest BCUT2D eigenvalue weighted by molar-refractivity contribution is 0.117. The molecule has 1 aliphatic carbocycles. The standard InChI is InChI=1S/C21H37N/c1-17(20(2,3)4)19(22(8)21(5,6)7)16-12-15-18-13-10-9-11-14-18/h10,13-14,19H,1,9,11-12,15-16H2,2-8H3. The summed E-state index contributed by atoms with van der Waals surface area (Å²) in [5, 5.41) is 0. The van der Waals surface area contributed by atoms with Crippen LogP contribution in [0.25, 0.3) is 0 Å². The Labute approximate surface area is 139 Å². The SMILES string of the molecule is C=C(C(CCCC1=CCCC=C1)N(C)C(C)(C)C)C(C)(C)C. The Morgan fingerprint density at radius 2 is 1.82 bits per heavy atom. The van der Waals surface area contributed by atoms with Crippen LogP contribution in [-0.4, -0.2) is 23.5 Å². The van der Waals surface area contributed by atoms with Crippen LogP contribution in [0.2, 0.25) is 0 Å². The Morgan fingerprint density at radius 1 is 1.18 bits per heavy atom. The van der Waals surface area contributed by atoms with Gasteiger partial charge in [0.25, 0.3) is 0 Å². The maximum atomic E-state index is 4.46. The van der Waals surface area contributed by atoms with E-state index in [1.54, 1.807) is 0 Å². The van der Waals surface area contributed by atoms with Crippen LogP contribution in [0.4, 0.5) is 0 Å². The Kier molecular flexibility index (Phi) is 6.67. The highest BCUT2D eigenvalue weighted by atomic mass is 15.2. The third-order valence-electron chi connectivity index (χ3n) is 4.91. The molecular weight excluding hydrogens is 266 g/mol. The summed E-state index contributed by atoms with van der Waals surface area (Å²) < 4.78 is 0. The van der Waals surface area contributed by atoms with Crippen LogP contribution in [-0.2, 0) is 0 Å². The molecule has 0 bridgehead atoms. The second-order valence-electron chi connectivity index (χ2n) is 8.72. The average Bonchev–Trinajstić information content (AvgIpc) is 2.41. The summed E-state index contributed by atoms with van der Waals surface area (Å²) in [6.07, 6.45) is 13.1. The topological polar surface area (TPSA) is 3.24 Å². The van der Waals surface area contributed by atoms with Gasteiger partial charge in [-0.15, -0.1) is 0 Å². The molecule has 1 nitrogen and oxygen atoms in total. The fraction of sp³-hybridized carbons (Fsp3) is 0.714. The molecule has 0 heterocycles. The van der Waals surface area contributed by atoms with Gasteiger partial charge in [0, 0.05) is 11.6 Å². The molecule has 22 heavy (non-hydrogen) atoms. The zero-order chi connectivity index (χ0) is 17.0. The first-order valence-corrected chi connectivity index (χ1v) is 8.81. The molecule has 1 unspecified atom stereocenters. The number of nitrogens with zero attached hydrogens (tertiary/aromatic N) is 1. The van der Waals surface area contributed by atoms with Gasteiger partial charge in [0.2, 0.25) is 0 Å². The minimum Gasteiger partial charge on any atom is -0.295 e. The highest BCUT2D eigenvalue weighted by molar-refractivity contribution is 5.22. The Morgan fingerprint density at radius 3 is 2.27 bits per heavy atom. The molecule has 1 rings (SSSR count). The van der Waals surface area contributed by atoms with Crippen molar-refractivity contribution in [2.75, 3.05) is 7.05 Å². The molecule has 0 aliphatic heterocycles. The van der Waals surface area contributed by atoms with Crippen molar-refractivity contribution in [3.05, 3.63) is 36.0 Å². The van der Waals surface area contributed by atoms with Crippen LogP contribution in [0.5, 0.6) is 0 Å². The summed E-state index contributed by atoms with van der Waals surface area (Å²) in [4.78, 5) is 2.51. The molecule has 0 fully saturated rings. The van der Waals surface area contributed by atoms with Crippen LogP contribution in [0.1, 0.15) is 73.6 Å². The number of rotatable bonds is 6. The second kappa shape index (κ2) is 7.64. The maximum absolute atomic E-state index is 4.46. The lowest BCUT2D eigenvalue weighted by Crippen LogP contribution is -2.47. The molecule has 0 aromatic heterocycles. The van der Waals surface area contributed by atoms with E-state index in [4.69, 9.17) is 0 Å². The quantitative estimate of drug-likeness (QED) is 0.533. The average molecular weight is 304 g/mol. The van der Waals surface area contributed by atoms with Crippen molar-refractivity contribution in [1.29, 1.82) is 0 Å². The summed E-state index contributed by atoms with van der Waals surface area (Å²) in [6.45, 7) is 18.2. The number of hydrogen-bond acceptors (Lipinski definition) is 1. The second-order valence-corrected chi connectivity index (χ2v) is 8.72. The molecule has 0 aromatic rings. The van der Waals surface area contributed by atoms with Crippen molar-refractivity contribution in [3.8, 4) is 0 Å². The summed E-state index contributed by atoms with van der Waals surface area (Å²) >= 11 is 0. The number of hydrogen-bond donors (Lipinski definition) is 0. The molecule has 0 amide bonds. The smallest absolute Gasteiger partial charge is 0.0312 e. The van der Waals surface area contributed by atoms with E-state index in [1.165, 1.54) is 43.3 Å². The van der Waals surface area contributed by atoms with E-state index >= 15 is 0 Å². The van der Waals surface area contributed by atoms with Crippen LogP contribution in [0.15, 0.2) is 36.0 Å². The van der Waals surface area contributed by atoms with Crippen molar-refractivity contribution in [2.45, 2.75) is 85.2 Å². The summed E-state index contributed by atoms with van der Waals surface area (Å²) in [7, 11) is 2.25. The first-order chi connectivity index (χ1) is 10.0. The minimum atomic E-state index is 0.161. The maximum Gasteiger partial charge on any atom is 0.0312 e. The van der Waals surface area contributed by atoms with Gasteiger partial charge in [-0.3, -0.25) is 4.90 Å². The van der Waals surface area contributed by atoms with Crippen molar-refractivity contribution in [2.24, 2.45) is 5.41 Å². The first kappa shape index (κ1) is 19.2. The van der Waals surface area contributed by atoms with Gasteiger partial charge in [0.05, 0.1) is 0 Å². The third-order valence-corrected chi connectivity index (χ3v) is 4.91. The van der Waals surface area contributed by atoms with E-state index in [0.717, 1.165) is 0 Å². The molecule has 0 saturated carbocycles. The van der Waals surface area contributed by atoms with Crippen LogP contribution in [0, 0.1) is 5.41 Å². The highest BCUT2D eigenvalue weighted by Crippen LogP contribution is 2.34. The van der Waals surface area contributed by atoms with Crippen molar-refractivity contribution in [1.82, 2.24) is 4.90 Å². The molecule has 0 N–H and O–H groups in total.